The van der Waals surface area contributed by atoms with Crippen molar-refractivity contribution in [1.82, 2.24) is 10.2 Å². The van der Waals surface area contributed by atoms with Gasteiger partial charge in [0.2, 0.25) is 0 Å². The molecule has 2 heterocycles. The smallest absolute Gasteiger partial charge is 0.0601 e. The largest absolute Gasteiger partial charge is 0.379 e. The van der Waals surface area contributed by atoms with Gasteiger partial charge in [-0.1, -0.05) is 23.8 Å². The third-order valence-corrected chi connectivity index (χ3v) is 4.79. The van der Waals surface area contributed by atoms with Crippen molar-refractivity contribution in [1.29, 1.82) is 0 Å². The van der Waals surface area contributed by atoms with E-state index in [1.54, 1.807) is 0 Å². The summed E-state index contributed by atoms with van der Waals surface area (Å²) >= 11 is 0. The topological polar surface area (TPSA) is 24.5 Å². The minimum absolute atomic E-state index is 0.181. The van der Waals surface area contributed by atoms with E-state index in [2.05, 4.69) is 49.3 Å². The highest BCUT2D eigenvalue weighted by atomic mass is 16.5. The predicted molar refractivity (Wildman–Crippen MR) is 77.7 cm³/mol. The number of hydrogen-bond donors (Lipinski definition) is 1. The molecule has 3 nitrogen and oxygen atoms in total. The Hall–Kier alpha value is -0.900. The minimum atomic E-state index is 0.181. The lowest BCUT2D eigenvalue weighted by molar-refractivity contribution is -0.103. The standard InChI is InChI=1S/C16H24N2O/c1-12-4-5-14(13(2)8-12)16(10-19-11-16)15-9-17-6-7-18(15)3/h4-5,8,15,17H,6-7,9-11H2,1-3H3. The van der Waals surface area contributed by atoms with Gasteiger partial charge in [-0.2, -0.15) is 0 Å². The maximum atomic E-state index is 5.63. The molecule has 0 aliphatic carbocycles. The van der Waals surface area contributed by atoms with Crippen molar-refractivity contribution in [2.75, 3.05) is 39.9 Å². The fraction of sp³-hybridized carbons (Fsp3) is 0.625. The normalized spacial score (nSPS) is 27.0. The first-order valence-electron chi connectivity index (χ1n) is 7.20. The second-order valence-electron chi connectivity index (χ2n) is 6.17. The van der Waals surface area contributed by atoms with Crippen LogP contribution in [0.2, 0.25) is 0 Å². The number of likely N-dealkylation sites (N-methyl/N-ethyl adjacent to an activating group) is 1. The molecule has 1 aromatic carbocycles. The monoisotopic (exact) mass is 260 g/mol. The Morgan fingerprint density at radius 2 is 2.11 bits per heavy atom. The van der Waals surface area contributed by atoms with Gasteiger partial charge in [-0.25, -0.2) is 0 Å². The zero-order chi connectivity index (χ0) is 13.5. The first kappa shape index (κ1) is 13.1. The van der Waals surface area contributed by atoms with Crippen LogP contribution < -0.4 is 5.32 Å². The molecule has 1 unspecified atom stereocenters. The van der Waals surface area contributed by atoms with E-state index >= 15 is 0 Å². The summed E-state index contributed by atoms with van der Waals surface area (Å²) in [6.07, 6.45) is 0. The van der Waals surface area contributed by atoms with E-state index in [1.807, 2.05) is 0 Å². The second kappa shape index (κ2) is 4.89. The van der Waals surface area contributed by atoms with Crippen molar-refractivity contribution >= 4 is 0 Å². The van der Waals surface area contributed by atoms with Gasteiger partial charge in [0, 0.05) is 25.7 Å². The molecule has 1 N–H and O–H groups in total. The zero-order valence-corrected chi connectivity index (χ0v) is 12.2. The number of nitrogens with zero attached hydrogens (tertiary/aromatic N) is 1. The molecule has 2 aliphatic rings. The molecule has 0 saturated carbocycles. The number of hydrogen-bond acceptors (Lipinski definition) is 3. The number of benzene rings is 1. The maximum absolute atomic E-state index is 5.63. The molecule has 1 aromatic rings. The average molecular weight is 260 g/mol. The first-order chi connectivity index (χ1) is 9.13. The summed E-state index contributed by atoms with van der Waals surface area (Å²) in [7, 11) is 2.25. The number of aryl methyl sites for hydroxylation is 2. The highest BCUT2D eigenvalue weighted by molar-refractivity contribution is 5.40. The van der Waals surface area contributed by atoms with E-state index in [-0.39, 0.29) is 5.41 Å². The third-order valence-electron chi connectivity index (χ3n) is 4.79. The summed E-state index contributed by atoms with van der Waals surface area (Å²) < 4.78 is 5.63. The third kappa shape index (κ3) is 2.10. The van der Waals surface area contributed by atoms with Crippen LogP contribution in [0.15, 0.2) is 18.2 Å². The Kier molecular flexibility index (Phi) is 3.37. The molecule has 0 spiro atoms. The number of nitrogens with one attached hydrogen (secondary N) is 1. The van der Waals surface area contributed by atoms with Gasteiger partial charge in [0.25, 0.3) is 0 Å². The highest BCUT2D eigenvalue weighted by Crippen LogP contribution is 2.40. The predicted octanol–water partition coefficient (Wildman–Crippen LogP) is 1.48. The molecule has 2 saturated heterocycles. The first-order valence-corrected chi connectivity index (χ1v) is 7.20. The molecular weight excluding hydrogens is 236 g/mol. The molecule has 19 heavy (non-hydrogen) atoms. The summed E-state index contributed by atoms with van der Waals surface area (Å²) in [5, 5.41) is 3.54. The van der Waals surface area contributed by atoms with Gasteiger partial charge in [0.05, 0.1) is 18.6 Å². The van der Waals surface area contributed by atoms with E-state index < -0.39 is 0 Å². The lowest BCUT2D eigenvalue weighted by Crippen LogP contribution is -2.66. The van der Waals surface area contributed by atoms with Crippen molar-refractivity contribution in [3.8, 4) is 0 Å². The van der Waals surface area contributed by atoms with Gasteiger partial charge in [-0.15, -0.1) is 0 Å². The van der Waals surface area contributed by atoms with Gasteiger partial charge >= 0.3 is 0 Å². The van der Waals surface area contributed by atoms with E-state index in [9.17, 15) is 0 Å². The fourth-order valence-electron chi connectivity index (χ4n) is 3.64. The van der Waals surface area contributed by atoms with Gasteiger partial charge in [-0.05, 0) is 32.0 Å². The second-order valence-corrected chi connectivity index (χ2v) is 6.17. The molecule has 0 amide bonds. The average Bonchev–Trinajstić information content (AvgIpc) is 2.32. The summed E-state index contributed by atoms with van der Waals surface area (Å²) in [4.78, 5) is 2.50. The van der Waals surface area contributed by atoms with Gasteiger partial charge in [0.15, 0.2) is 0 Å². The number of rotatable bonds is 2. The summed E-state index contributed by atoms with van der Waals surface area (Å²) in [6.45, 7) is 9.39. The van der Waals surface area contributed by atoms with Crippen molar-refractivity contribution in [3.05, 3.63) is 34.9 Å². The molecule has 1 atom stereocenters. The fourth-order valence-corrected chi connectivity index (χ4v) is 3.64. The Morgan fingerprint density at radius 3 is 2.68 bits per heavy atom. The van der Waals surface area contributed by atoms with Crippen LogP contribution in [0.5, 0.6) is 0 Å². The van der Waals surface area contributed by atoms with Crippen LogP contribution in [0.4, 0.5) is 0 Å². The molecule has 104 valence electrons. The molecule has 2 aliphatic heterocycles. The Morgan fingerprint density at radius 1 is 1.32 bits per heavy atom. The molecule has 0 aromatic heterocycles. The van der Waals surface area contributed by atoms with Crippen LogP contribution in [-0.2, 0) is 10.2 Å². The molecule has 0 radical (unpaired) electrons. The lowest BCUT2D eigenvalue weighted by atomic mass is 9.69. The van der Waals surface area contributed by atoms with Gasteiger partial charge in [-0.3, -0.25) is 4.90 Å². The van der Waals surface area contributed by atoms with Crippen LogP contribution in [-0.4, -0.2) is 50.8 Å². The van der Waals surface area contributed by atoms with Crippen LogP contribution in [0.3, 0.4) is 0 Å². The molecule has 2 fully saturated rings. The van der Waals surface area contributed by atoms with Crippen LogP contribution >= 0.6 is 0 Å². The van der Waals surface area contributed by atoms with E-state index in [0.29, 0.717) is 6.04 Å². The van der Waals surface area contributed by atoms with Gasteiger partial charge in [0.1, 0.15) is 0 Å². The summed E-state index contributed by atoms with van der Waals surface area (Å²) in [5.41, 5.74) is 4.40. The van der Waals surface area contributed by atoms with E-state index in [4.69, 9.17) is 4.74 Å². The van der Waals surface area contributed by atoms with Crippen molar-refractivity contribution < 1.29 is 4.74 Å². The van der Waals surface area contributed by atoms with Crippen LogP contribution in [0.25, 0.3) is 0 Å². The van der Waals surface area contributed by atoms with Crippen LogP contribution in [0, 0.1) is 13.8 Å². The van der Waals surface area contributed by atoms with Crippen molar-refractivity contribution in [2.24, 2.45) is 0 Å². The Labute approximate surface area is 115 Å². The molecular formula is C16H24N2O. The summed E-state index contributed by atoms with van der Waals surface area (Å²) in [6, 6.07) is 7.39. The number of ether oxygens (including phenoxy) is 1. The summed E-state index contributed by atoms with van der Waals surface area (Å²) in [5.74, 6) is 0. The molecule has 0 bridgehead atoms. The zero-order valence-electron chi connectivity index (χ0n) is 12.2. The Balaban J connectivity index is 1.98. The quantitative estimate of drug-likeness (QED) is 0.871. The highest BCUT2D eigenvalue weighted by Gasteiger charge is 2.49. The molecule has 3 heteroatoms. The lowest BCUT2D eigenvalue weighted by Gasteiger charge is -2.52. The van der Waals surface area contributed by atoms with Crippen molar-refractivity contribution in [2.45, 2.75) is 25.3 Å². The minimum Gasteiger partial charge on any atom is -0.379 e. The SMILES string of the molecule is Cc1ccc(C2(C3CNCCN3C)COC2)c(C)c1. The van der Waals surface area contributed by atoms with Crippen LogP contribution in [0.1, 0.15) is 16.7 Å². The maximum Gasteiger partial charge on any atom is 0.0601 e. The number of piperazine rings is 1. The van der Waals surface area contributed by atoms with Crippen molar-refractivity contribution in [3.63, 3.8) is 0 Å². The van der Waals surface area contributed by atoms with E-state index in [0.717, 1.165) is 32.8 Å². The Bertz CT molecular complexity index is 468. The van der Waals surface area contributed by atoms with Gasteiger partial charge < -0.3 is 10.1 Å². The molecule has 3 rings (SSSR count). The van der Waals surface area contributed by atoms with E-state index in [1.165, 1.54) is 16.7 Å².